The molecule has 0 aliphatic carbocycles. The van der Waals surface area contributed by atoms with E-state index in [0.717, 1.165) is 24.5 Å². The molecule has 1 rings (SSSR count). The van der Waals surface area contributed by atoms with Gasteiger partial charge in [0.25, 0.3) is 5.91 Å². The zero-order chi connectivity index (χ0) is 16.4. The highest BCUT2D eigenvalue weighted by molar-refractivity contribution is 7.91. The highest BCUT2D eigenvalue weighted by Gasteiger charge is 2.31. The SMILES string of the molecule is CC(NC(=O)c1cccc(C(F)(F)F)c1)C(C)S(C)(=O)=O. The molecule has 8 heteroatoms. The molecule has 21 heavy (non-hydrogen) atoms. The molecule has 0 spiro atoms. The number of rotatable bonds is 4. The Morgan fingerprint density at radius 2 is 1.81 bits per heavy atom. The molecule has 1 aromatic rings. The van der Waals surface area contributed by atoms with Crippen molar-refractivity contribution >= 4 is 15.7 Å². The minimum absolute atomic E-state index is 0.169. The van der Waals surface area contributed by atoms with Gasteiger partial charge in [-0.25, -0.2) is 8.42 Å². The van der Waals surface area contributed by atoms with Crippen LogP contribution in [0.15, 0.2) is 24.3 Å². The number of benzene rings is 1. The topological polar surface area (TPSA) is 63.2 Å². The van der Waals surface area contributed by atoms with Crippen molar-refractivity contribution < 1.29 is 26.4 Å². The Morgan fingerprint density at radius 1 is 1.24 bits per heavy atom. The van der Waals surface area contributed by atoms with Crippen LogP contribution in [0.3, 0.4) is 0 Å². The summed E-state index contributed by atoms with van der Waals surface area (Å²) in [7, 11) is -3.36. The fraction of sp³-hybridized carbons (Fsp3) is 0.462. The minimum atomic E-state index is -4.54. The van der Waals surface area contributed by atoms with Gasteiger partial charge in [-0.05, 0) is 32.0 Å². The second-order valence-electron chi connectivity index (χ2n) is 4.88. The van der Waals surface area contributed by atoms with Crippen LogP contribution in [0.25, 0.3) is 0 Å². The van der Waals surface area contributed by atoms with E-state index in [2.05, 4.69) is 5.32 Å². The Bertz CT molecular complexity index is 626. The second-order valence-corrected chi connectivity index (χ2v) is 7.28. The summed E-state index contributed by atoms with van der Waals surface area (Å²) in [4.78, 5) is 11.9. The van der Waals surface area contributed by atoms with E-state index in [-0.39, 0.29) is 5.56 Å². The van der Waals surface area contributed by atoms with E-state index in [4.69, 9.17) is 0 Å². The van der Waals surface area contributed by atoms with E-state index in [0.29, 0.717) is 0 Å². The summed E-state index contributed by atoms with van der Waals surface area (Å²) in [5, 5.41) is 1.56. The quantitative estimate of drug-likeness (QED) is 0.924. The number of halogens is 3. The molecule has 0 saturated carbocycles. The van der Waals surface area contributed by atoms with Crippen LogP contribution in [0.4, 0.5) is 13.2 Å². The zero-order valence-electron chi connectivity index (χ0n) is 11.7. The predicted octanol–water partition coefficient (Wildman–Crippen LogP) is 2.26. The normalized spacial score (nSPS) is 15.3. The number of alkyl halides is 3. The standard InChI is InChI=1S/C13H16F3NO3S/c1-8(9(2)21(3,19)20)17-12(18)10-5-4-6-11(7-10)13(14,15)16/h4-9H,1-3H3,(H,17,18). The van der Waals surface area contributed by atoms with Gasteiger partial charge >= 0.3 is 6.18 Å². The van der Waals surface area contributed by atoms with Gasteiger partial charge in [-0.15, -0.1) is 0 Å². The van der Waals surface area contributed by atoms with Crippen molar-refractivity contribution in [2.45, 2.75) is 31.3 Å². The van der Waals surface area contributed by atoms with Crippen molar-refractivity contribution in [1.82, 2.24) is 5.32 Å². The third-order valence-corrected chi connectivity index (χ3v) is 4.95. The zero-order valence-corrected chi connectivity index (χ0v) is 12.5. The number of hydrogen-bond acceptors (Lipinski definition) is 3. The van der Waals surface area contributed by atoms with Gasteiger partial charge in [-0.3, -0.25) is 4.79 Å². The highest BCUT2D eigenvalue weighted by Crippen LogP contribution is 2.29. The molecule has 118 valence electrons. The van der Waals surface area contributed by atoms with Crippen LogP contribution in [-0.2, 0) is 16.0 Å². The van der Waals surface area contributed by atoms with Crippen molar-refractivity contribution in [1.29, 1.82) is 0 Å². The number of carbonyl (C=O) groups is 1. The lowest BCUT2D eigenvalue weighted by Gasteiger charge is -2.20. The molecule has 0 aliphatic heterocycles. The van der Waals surface area contributed by atoms with Crippen molar-refractivity contribution in [3.8, 4) is 0 Å². The molecule has 0 fully saturated rings. The largest absolute Gasteiger partial charge is 0.416 e. The van der Waals surface area contributed by atoms with E-state index in [1.807, 2.05) is 0 Å². The van der Waals surface area contributed by atoms with Crippen molar-refractivity contribution in [2.24, 2.45) is 0 Å². The van der Waals surface area contributed by atoms with Crippen LogP contribution in [0.5, 0.6) is 0 Å². The summed E-state index contributed by atoms with van der Waals surface area (Å²) >= 11 is 0. The first-order chi connectivity index (χ1) is 9.43. The molecule has 0 heterocycles. The molecule has 1 amide bonds. The summed E-state index contributed by atoms with van der Waals surface area (Å²) in [5.74, 6) is -0.746. The maximum atomic E-state index is 12.6. The average Bonchev–Trinajstić information content (AvgIpc) is 2.35. The lowest BCUT2D eigenvalue weighted by atomic mass is 10.1. The molecule has 2 unspecified atom stereocenters. The molecular weight excluding hydrogens is 307 g/mol. The molecule has 1 aromatic carbocycles. The van der Waals surface area contributed by atoms with Crippen molar-refractivity contribution in [2.75, 3.05) is 6.26 Å². The Morgan fingerprint density at radius 3 is 2.29 bits per heavy atom. The van der Waals surface area contributed by atoms with E-state index in [1.165, 1.54) is 19.9 Å². The molecule has 1 N–H and O–H groups in total. The fourth-order valence-electron chi connectivity index (χ4n) is 1.62. The number of hydrogen-bond donors (Lipinski definition) is 1. The molecule has 0 aliphatic rings. The average molecular weight is 323 g/mol. The maximum Gasteiger partial charge on any atom is 0.416 e. The first-order valence-electron chi connectivity index (χ1n) is 6.10. The van der Waals surface area contributed by atoms with E-state index < -0.39 is 38.8 Å². The van der Waals surface area contributed by atoms with Gasteiger partial charge in [0.2, 0.25) is 0 Å². The Balaban J connectivity index is 2.91. The van der Waals surface area contributed by atoms with Gasteiger partial charge in [0.15, 0.2) is 9.84 Å². The summed E-state index contributed by atoms with van der Waals surface area (Å²) in [6.45, 7) is 2.91. The molecule has 0 aromatic heterocycles. The molecule has 0 radical (unpaired) electrons. The summed E-state index contributed by atoms with van der Waals surface area (Å²) in [6, 6.07) is 3.24. The predicted molar refractivity (Wildman–Crippen MR) is 72.7 cm³/mol. The van der Waals surface area contributed by atoms with E-state index >= 15 is 0 Å². The van der Waals surface area contributed by atoms with Gasteiger partial charge < -0.3 is 5.32 Å². The third kappa shape index (κ3) is 4.73. The van der Waals surface area contributed by atoms with Crippen LogP contribution in [0.2, 0.25) is 0 Å². The Kier molecular flexibility index (Phi) is 5.03. The van der Waals surface area contributed by atoms with Crippen LogP contribution in [0.1, 0.15) is 29.8 Å². The Labute approximate surface area is 121 Å². The highest BCUT2D eigenvalue weighted by atomic mass is 32.2. The molecular formula is C13H16F3NO3S. The van der Waals surface area contributed by atoms with Gasteiger partial charge in [0.1, 0.15) is 0 Å². The van der Waals surface area contributed by atoms with Gasteiger partial charge in [0, 0.05) is 17.9 Å². The summed E-state index contributed by atoms with van der Waals surface area (Å²) in [5.41, 5.74) is -1.10. The molecule has 2 atom stereocenters. The van der Waals surface area contributed by atoms with Crippen LogP contribution in [0, 0.1) is 0 Å². The molecule has 0 saturated heterocycles. The van der Waals surface area contributed by atoms with Gasteiger partial charge in [0.05, 0.1) is 10.8 Å². The first kappa shape index (κ1) is 17.5. The van der Waals surface area contributed by atoms with Gasteiger partial charge in [-0.2, -0.15) is 13.2 Å². The maximum absolute atomic E-state index is 12.6. The monoisotopic (exact) mass is 323 g/mol. The van der Waals surface area contributed by atoms with Crippen LogP contribution >= 0.6 is 0 Å². The number of carbonyl (C=O) groups excluding carboxylic acids is 1. The summed E-state index contributed by atoms with van der Waals surface area (Å²) in [6.07, 6.45) is -3.51. The molecule has 0 bridgehead atoms. The van der Waals surface area contributed by atoms with Crippen molar-refractivity contribution in [3.63, 3.8) is 0 Å². The second kappa shape index (κ2) is 6.05. The van der Waals surface area contributed by atoms with E-state index in [9.17, 15) is 26.4 Å². The smallest absolute Gasteiger partial charge is 0.348 e. The number of nitrogens with one attached hydrogen (secondary N) is 1. The lowest BCUT2D eigenvalue weighted by molar-refractivity contribution is -0.137. The number of amides is 1. The first-order valence-corrected chi connectivity index (χ1v) is 8.05. The lowest BCUT2D eigenvalue weighted by Crippen LogP contribution is -2.43. The Hall–Kier alpha value is -1.57. The summed E-state index contributed by atoms with van der Waals surface area (Å²) < 4.78 is 60.5. The minimum Gasteiger partial charge on any atom is -0.348 e. The van der Waals surface area contributed by atoms with Crippen molar-refractivity contribution in [3.05, 3.63) is 35.4 Å². The number of sulfone groups is 1. The van der Waals surface area contributed by atoms with Crippen LogP contribution < -0.4 is 5.32 Å². The molecule has 4 nitrogen and oxygen atoms in total. The van der Waals surface area contributed by atoms with E-state index in [1.54, 1.807) is 0 Å². The fourth-order valence-corrected chi connectivity index (χ4v) is 2.42. The third-order valence-electron chi connectivity index (χ3n) is 3.19. The van der Waals surface area contributed by atoms with Gasteiger partial charge in [-0.1, -0.05) is 6.07 Å². The van der Waals surface area contributed by atoms with Crippen LogP contribution in [-0.4, -0.2) is 31.9 Å².